The molecule has 1 atom stereocenters. The molecule has 22 heavy (non-hydrogen) atoms. The lowest BCUT2D eigenvalue weighted by Crippen LogP contribution is -2.32. The van der Waals surface area contributed by atoms with Crippen LogP contribution in [0.3, 0.4) is 0 Å². The number of carbonyl (C=O) groups excluding carboxylic acids is 1. The predicted octanol–water partition coefficient (Wildman–Crippen LogP) is 3.95. The molecule has 0 saturated heterocycles. The summed E-state index contributed by atoms with van der Waals surface area (Å²) in [5.74, 6) is 0.666. The van der Waals surface area contributed by atoms with Gasteiger partial charge in [-0.15, -0.1) is 0 Å². The molecule has 0 aliphatic carbocycles. The largest absolute Gasteiger partial charge is 0.483 e. The van der Waals surface area contributed by atoms with Gasteiger partial charge in [0.25, 0.3) is 5.91 Å². The van der Waals surface area contributed by atoms with Crippen LogP contribution in [-0.2, 0) is 4.79 Å². The fraction of sp³-hybridized carbons (Fsp3) is 0.316. The standard InChI is InChI=1S/C19H23NO2/c1-4-17(16-8-6-5-7-9-16)20-19(21)13-22-18-12-14(2)10-11-15(18)3/h5-12,17H,4,13H2,1-3H3,(H,20,21)/t17-/m1/s1. The summed E-state index contributed by atoms with van der Waals surface area (Å²) in [5.41, 5.74) is 3.27. The Bertz CT molecular complexity index is 623. The van der Waals surface area contributed by atoms with E-state index in [-0.39, 0.29) is 18.6 Å². The fourth-order valence-electron chi connectivity index (χ4n) is 2.35. The Labute approximate surface area is 132 Å². The summed E-state index contributed by atoms with van der Waals surface area (Å²) in [6.45, 7) is 6.08. The first-order valence-electron chi connectivity index (χ1n) is 7.64. The number of hydrogen-bond acceptors (Lipinski definition) is 2. The maximum absolute atomic E-state index is 12.1. The third-order valence-electron chi connectivity index (χ3n) is 3.65. The van der Waals surface area contributed by atoms with E-state index in [0.717, 1.165) is 28.9 Å². The summed E-state index contributed by atoms with van der Waals surface area (Å²) in [6.07, 6.45) is 0.846. The topological polar surface area (TPSA) is 38.3 Å². The number of nitrogens with one attached hydrogen (secondary N) is 1. The van der Waals surface area contributed by atoms with Crippen LogP contribution in [0.4, 0.5) is 0 Å². The lowest BCUT2D eigenvalue weighted by Gasteiger charge is -2.18. The highest BCUT2D eigenvalue weighted by Crippen LogP contribution is 2.19. The van der Waals surface area contributed by atoms with Crippen molar-refractivity contribution in [1.82, 2.24) is 5.32 Å². The molecule has 1 amide bonds. The molecule has 0 heterocycles. The summed E-state index contributed by atoms with van der Waals surface area (Å²) in [6, 6.07) is 16.0. The second-order valence-corrected chi connectivity index (χ2v) is 5.50. The van der Waals surface area contributed by atoms with E-state index in [9.17, 15) is 4.79 Å². The first kappa shape index (κ1) is 16.1. The lowest BCUT2D eigenvalue weighted by atomic mass is 10.0. The van der Waals surface area contributed by atoms with Crippen molar-refractivity contribution >= 4 is 5.91 Å². The van der Waals surface area contributed by atoms with Gasteiger partial charge in [0.2, 0.25) is 0 Å². The summed E-state index contributed by atoms with van der Waals surface area (Å²) >= 11 is 0. The normalized spacial score (nSPS) is 11.8. The monoisotopic (exact) mass is 297 g/mol. The number of amides is 1. The zero-order valence-corrected chi connectivity index (χ0v) is 13.4. The molecular weight excluding hydrogens is 274 g/mol. The lowest BCUT2D eigenvalue weighted by molar-refractivity contribution is -0.123. The van der Waals surface area contributed by atoms with Gasteiger partial charge in [-0.2, -0.15) is 0 Å². The van der Waals surface area contributed by atoms with Gasteiger partial charge in [-0.25, -0.2) is 0 Å². The van der Waals surface area contributed by atoms with E-state index >= 15 is 0 Å². The van der Waals surface area contributed by atoms with Crippen LogP contribution in [0.5, 0.6) is 5.75 Å². The molecule has 0 bridgehead atoms. The fourth-order valence-corrected chi connectivity index (χ4v) is 2.35. The summed E-state index contributed by atoms with van der Waals surface area (Å²) < 4.78 is 5.65. The third-order valence-corrected chi connectivity index (χ3v) is 3.65. The van der Waals surface area contributed by atoms with Crippen LogP contribution in [0, 0.1) is 13.8 Å². The van der Waals surface area contributed by atoms with Crippen molar-refractivity contribution in [3.05, 3.63) is 65.2 Å². The van der Waals surface area contributed by atoms with Crippen molar-refractivity contribution < 1.29 is 9.53 Å². The van der Waals surface area contributed by atoms with E-state index in [1.807, 2.05) is 62.4 Å². The number of carbonyl (C=O) groups is 1. The average molecular weight is 297 g/mol. The predicted molar refractivity (Wildman–Crippen MR) is 89.0 cm³/mol. The van der Waals surface area contributed by atoms with Crippen LogP contribution in [0.1, 0.15) is 36.1 Å². The first-order chi connectivity index (χ1) is 10.6. The molecule has 0 spiro atoms. The van der Waals surface area contributed by atoms with Gasteiger partial charge in [0.15, 0.2) is 6.61 Å². The van der Waals surface area contributed by atoms with E-state index in [0.29, 0.717) is 0 Å². The minimum Gasteiger partial charge on any atom is -0.483 e. The number of hydrogen-bond donors (Lipinski definition) is 1. The highest BCUT2D eigenvalue weighted by atomic mass is 16.5. The van der Waals surface area contributed by atoms with Crippen molar-refractivity contribution in [2.45, 2.75) is 33.2 Å². The molecule has 0 aromatic heterocycles. The van der Waals surface area contributed by atoms with Crippen LogP contribution in [0.25, 0.3) is 0 Å². The maximum atomic E-state index is 12.1. The maximum Gasteiger partial charge on any atom is 0.258 e. The van der Waals surface area contributed by atoms with Crippen LogP contribution in [0.2, 0.25) is 0 Å². The van der Waals surface area contributed by atoms with E-state index in [1.54, 1.807) is 0 Å². The quantitative estimate of drug-likeness (QED) is 0.876. The molecule has 0 unspecified atom stereocenters. The van der Waals surface area contributed by atoms with Crippen molar-refractivity contribution in [1.29, 1.82) is 0 Å². The Hall–Kier alpha value is -2.29. The molecule has 0 aliphatic heterocycles. The Morgan fingerprint density at radius 2 is 1.86 bits per heavy atom. The van der Waals surface area contributed by atoms with Gasteiger partial charge in [-0.05, 0) is 43.0 Å². The number of aryl methyl sites for hydroxylation is 2. The minimum absolute atomic E-state index is 0.0240. The van der Waals surface area contributed by atoms with Crippen LogP contribution in [-0.4, -0.2) is 12.5 Å². The van der Waals surface area contributed by atoms with E-state index in [1.165, 1.54) is 0 Å². The van der Waals surface area contributed by atoms with Gasteiger partial charge in [0.05, 0.1) is 6.04 Å². The molecule has 0 saturated carbocycles. The number of rotatable bonds is 6. The molecule has 116 valence electrons. The van der Waals surface area contributed by atoms with Gasteiger partial charge >= 0.3 is 0 Å². The van der Waals surface area contributed by atoms with E-state index in [4.69, 9.17) is 4.74 Å². The van der Waals surface area contributed by atoms with Gasteiger partial charge in [-0.3, -0.25) is 4.79 Å². The number of benzene rings is 2. The van der Waals surface area contributed by atoms with Crippen molar-refractivity contribution in [3.63, 3.8) is 0 Å². The average Bonchev–Trinajstić information content (AvgIpc) is 2.54. The van der Waals surface area contributed by atoms with Gasteiger partial charge in [0.1, 0.15) is 5.75 Å². The van der Waals surface area contributed by atoms with Crippen LogP contribution < -0.4 is 10.1 Å². The van der Waals surface area contributed by atoms with Gasteiger partial charge in [-0.1, -0.05) is 49.4 Å². The molecule has 1 N–H and O–H groups in total. The Morgan fingerprint density at radius 1 is 1.14 bits per heavy atom. The van der Waals surface area contributed by atoms with Crippen molar-refractivity contribution in [2.24, 2.45) is 0 Å². The Balaban J connectivity index is 1.93. The third kappa shape index (κ3) is 4.35. The van der Waals surface area contributed by atoms with E-state index in [2.05, 4.69) is 12.2 Å². The SMILES string of the molecule is CC[C@@H](NC(=O)COc1cc(C)ccc1C)c1ccccc1. The van der Waals surface area contributed by atoms with Gasteiger partial charge < -0.3 is 10.1 Å². The molecule has 3 nitrogen and oxygen atoms in total. The second kappa shape index (κ2) is 7.64. The molecule has 0 aliphatic rings. The van der Waals surface area contributed by atoms with Crippen molar-refractivity contribution in [3.8, 4) is 5.75 Å². The second-order valence-electron chi connectivity index (χ2n) is 5.50. The van der Waals surface area contributed by atoms with Gasteiger partial charge in [0, 0.05) is 0 Å². The molecule has 0 fully saturated rings. The molecular formula is C19H23NO2. The zero-order chi connectivity index (χ0) is 15.9. The molecule has 0 radical (unpaired) electrons. The molecule has 2 rings (SSSR count). The molecule has 2 aromatic rings. The first-order valence-corrected chi connectivity index (χ1v) is 7.64. The molecule has 3 heteroatoms. The van der Waals surface area contributed by atoms with Crippen molar-refractivity contribution in [2.75, 3.05) is 6.61 Å². The zero-order valence-electron chi connectivity index (χ0n) is 13.4. The summed E-state index contributed by atoms with van der Waals surface area (Å²) in [7, 11) is 0. The van der Waals surface area contributed by atoms with E-state index < -0.39 is 0 Å². The highest BCUT2D eigenvalue weighted by molar-refractivity contribution is 5.78. The highest BCUT2D eigenvalue weighted by Gasteiger charge is 2.13. The Morgan fingerprint density at radius 3 is 2.55 bits per heavy atom. The number of ether oxygens (including phenoxy) is 1. The molecule has 2 aromatic carbocycles. The Kier molecular flexibility index (Phi) is 5.59. The minimum atomic E-state index is -0.100. The van der Waals surface area contributed by atoms with Crippen LogP contribution >= 0.6 is 0 Å². The van der Waals surface area contributed by atoms with Crippen LogP contribution in [0.15, 0.2) is 48.5 Å². The smallest absolute Gasteiger partial charge is 0.258 e. The summed E-state index contributed by atoms with van der Waals surface area (Å²) in [5, 5.41) is 3.02. The summed E-state index contributed by atoms with van der Waals surface area (Å²) in [4.78, 5) is 12.1.